The first kappa shape index (κ1) is 13.1. The van der Waals surface area contributed by atoms with E-state index in [0.29, 0.717) is 0 Å². The second kappa shape index (κ2) is 4.71. The van der Waals surface area contributed by atoms with Crippen LogP contribution in [-0.4, -0.2) is 48.8 Å². The summed E-state index contributed by atoms with van der Waals surface area (Å²) in [6, 6.07) is 8.55. The molecule has 5 nitrogen and oxygen atoms in total. The number of hydrogen-bond donors (Lipinski definition) is 1. The Morgan fingerprint density at radius 1 is 1.29 bits per heavy atom. The summed E-state index contributed by atoms with van der Waals surface area (Å²) in [6.07, 6.45) is 0.229. The number of aromatic nitrogens is 2. The summed E-state index contributed by atoms with van der Waals surface area (Å²) in [5.41, 5.74) is 2.41. The predicted molar refractivity (Wildman–Crippen MR) is 83.3 cm³/mol. The number of hydrogen-bond acceptors (Lipinski definition) is 4. The molecule has 2 fully saturated rings. The van der Waals surface area contributed by atoms with Crippen molar-refractivity contribution in [2.24, 2.45) is 0 Å². The Hall–Kier alpha value is -1.59. The Kier molecular flexibility index (Phi) is 2.94. The number of nitrogens with zero attached hydrogens (tertiary/aromatic N) is 3. The van der Waals surface area contributed by atoms with E-state index in [-0.39, 0.29) is 11.5 Å². The van der Waals surface area contributed by atoms with Crippen LogP contribution in [0.25, 0.3) is 10.9 Å². The van der Waals surface area contributed by atoms with Gasteiger partial charge in [0, 0.05) is 31.6 Å². The molecule has 112 valence electrons. The maximum atomic E-state index is 5.63. The molecule has 1 N–H and O–H groups in total. The summed E-state index contributed by atoms with van der Waals surface area (Å²) < 4.78 is 5.63. The fraction of sp³-hybridized carbons (Fsp3) is 0.562. The summed E-state index contributed by atoms with van der Waals surface area (Å²) in [4.78, 5) is 2.11. The highest BCUT2D eigenvalue weighted by Crippen LogP contribution is 2.40. The first-order chi connectivity index (χ1) is 10.2. The van der Waals surface area contributed by atoms with Gasteiger partial charge in [0.15, 0.2) is 0 Å². The quantitative estimate of drug-likeness (QED) is 0.902. The highest BCUT2D eigenvalue weighted by molar-refractivity contribution is 5.83. The molecule has 2 aromatic rings. The van der Waals surface area contributed by atoms with Crippen molar-refractivity contribution in [1.82, 2.24) is 15.2 Å². The van der Waals surface area contributed by atoms with Gasteiger partial charge in [0.05, 0.1) is 29.3 Å². The molecule has 3 heterocycles. The molecule has 0 radical (unpaired) electrons. The lowest BCUT2D eigenvalue weighted by molar-refractivity contribution is -0.121. The van der Waals surface area contributed by atoms with E-state index in [0.717, 1.165) is 32.8 Å². The number of piperazine rings is 1. The molecule has 2 atom stereocenters. The lowest BCUT2D eigenvalue weighted by Gasteiger charge is -2.44. The van der Waals surface area contributed by atoms with Crippen molar-refractivity contribution in [3.63, 3.8) is 0 Å². The van der Waals surface area contributed by atoms with Crippen LogP contribution in [-0.2, 0) is 10.2 Å². The van der Waals surface area contributed by atoms with Crippen molar-refractivity contribution in [3.05, 3.63) is 30.0 Å². The number of benzene rings is 1. The summed E-state index contributed by atoms with van der Waals surface area (Å²) in [5, 5.41) is 12.0. The van der Waals surface area contributed by atoms with Crippen LogP contribution in [0.3, 0.4) is 0 Å². The first-order valence-corrected chi connectivity index (χ1v) is 7.76. The Morgan fingerprint density at radius 3 is 2.71 bits per heavy atom. The summed E-state index contributed by atoms with van der Waals surface area (Å²) >= 11 is 0. The van der Waals surface area contributed by atoms with Gasteiger partial charge in [-0.2, -0.15) is 9.89 Å². The Bertz CT molecular complexity index is 661. The van der Waals surface area contributed by atoms with Gasteiger partial charge in [-0.3, -0.25) is 5.01 Å². The van der Waals surface area contributed by atoms with Crippen LogP contribution in [0, 0.1) is 0 Å². The first-order valence-electron chi connectivity index (χ1n) is 7.76. The minimum absolute atomic E-state index is 0.0267. The highest BCUT2D eigenvalue weighted by Gasteiger charge is 2.46. The molecule has 0 aliphatic carbocycles. The minimum atomic E-state index is 0.0267. The van der Waals surface area contributed by atoms with Gasteiger partial charge in [-0.1, -0.05) is 18.2 Å². The van der Waals surface area contributed by atoms with Crippen LogP contribution in [0.15, 0.2) is 24.3 Å². The second-order valence-electron chi connectivity index (χ2n) is 6.33. The third-order valence-electron chi connectivity index (χ3n) is 5.00. The van der Waals surface area contributed by atoms with Crippen molar-refractivity contribution >= 4 is 10.9 Å². The molecular formula is C16H22N4O. The van der Waals surface area contributed by atoms with Crippen LogP contribution >= 0.6 is 0 Å². The summed E-state index contributed by atoms with van der Waals surface area (Å²) in [7, 11) is 0. The zero-order valence-electron chi connectivity index (χ0n) is 12.7. The van der Waals surface area contributed by atoms with Gasteiger partial charge < -0.3 is 10.1 Å². The highest BCUT2D eigenvalue weighted by atomic mass is 16.5. The molecule has 2 unspecified atom stereocenters. The zero-order valence-corrected chi connectivity index (χ0v) is 12.7. The van der Waals surface area contributed by atoms with Crippen LogP contribution in [0.1, 0.15) is 19.5 Å². The van der Waals surface area contributed by atoms with Gasteiger partial charge >= 0.3 is 0 Å². The zero-order chi connectivity index (χ0) is 14.4. The van der Waals surface area contributed by atoms with E-state index in [1.165, 1.54) is 16.6 Å². The summed E-state index contributed by atoms with van der Waals surface area (Å²) in [5.74, 6) is 0. The largest absolute Gasteiger partial charge is 0.376 e. The van der Waals surface area contributed by atoms with Gasteiger partial charge in [0.25, 0.3) is 0 Å². The Balaban J connectivity index is 1.84. The van der Waals surface area contributed by atoms with Gasteiger partial charge in [-0.25, -0.2) is 0 Å². The molecule has 0 saturated carbocycles. The van der Waals surface area contributed by atoms with Gasteiger partial charge in [0.2, 0.25) is 0 Å². The monoisotopic (exact) mass is 286 g/mol. The fourth-order valence-electron chi connectivity index (χ4n) is 3.29. The van der Waals surface area contributed by atoms with E-state index in [1.54, 1.807) is 0 Å². The van der Waals surface area contributed by atoms with E-state index >= 15 is 0 Å². The minimum Gasteiger partial charge on any atom is -0.376 e. The molecule has 0 amide bonds. The van der Waals surface area contributed by atoms with E-state index in [2.05, 4.69) is 53.2 Å². The van der Waals surface area contributed by atoms with Crippen molar-refractivity contribution in [3.8, 4) is 0 Å². The lowest BCUT2D eigenvalue weighted by Crippen LogP contribution is -2.53. The molecule has 21 heavy (non-hydrogen) atoms. The number of fused-ring (bicyclic) bond motifs is 1. The number of nitrogens with one attached hydrogen (secondary N) is 1. The molecule has 5 heteroatoms. The molecule has 2 aliphatic rings. The molecule has 0 bridgehead atoms. The lowest BCUT2D eigenvalue weighted by atomic mass is 9.77. The smallest absolute Gasteiger partial charge is 0.0923 e. The number of ether oxygens (including phenoxy) is 1. The molecule has 2 saturated heterocycles. The van der Waals surface area contributed by atoms with Crippen molar-refractivity contribution in [2.75, 3.05) is 37.8 Å². The van der Waals surface area contributed by atoms with Crippen LogP contribution in [0.4, 0.5) is 0 Å². The molecule has 2 aliphatic heterocycles. The molecular weight excluding hydrogens is 264 g/mol. The van der Waals surface area contributed by atoms with Gasteiger partial charge in [-0.15, -0.1) is 0 Å². The van der Waals surface area contributed by atoms with Gasteiger partial charge in [-0.05, 0) is 19.9 Å². The van der Waals surface area contributed by atoms with Crippen LogP contribution in [0.2, 0.25) is 0 Å². The number of rotatable bonds is 2. The van der Waals surface area contributed by atoms with E-state index in [4.69, 9.17) is 9.84 Å². The topological polar surface area (TPSA) is 42.3 Å². The molecule has 0 spiro atoms. The standard InChI is InChI=1S/C16H22N4O/c1-12-16(2,11-21-12)15-13-5-3-4-6-14(13)20(18-15)19-9-7-17-8-10-19/h3-6,12,17H,7-11H2,1-2H3. The summed E-state index contributed by atoms with van der Waals surface area (Å²) in [6.45, 7) is 9.18. The van der Waals surface area contributed by atoms with E-state index in [1.807, 2.05) is 0 Å². The van der Waals surface area contributed by atoms with Crippen molar-refractivity contribution in [2.45, 2.75) is 25.4 Å². The van der Waals surface area contributed by atoms with E-state index < -0.39 is 0 Å². The van der Waals surface area contributed by atoms with Crippen LogP contribution in [0.5, 0.6) is 0 Å². The van der Waals surface area contributed by atoms with Crippen molar-refractivity contribution < 1.29 is 4.74 Å². The Labute approximate surface area is 124 Å². The third-order valence-corrected chi connectivity index (χ3v) is 5.00. The average molecular weight is 286 g/mol. The van der Waals surface area contributed by atoms with Crippen LogP contribution < -0.4 is 10.3 Å². The van der Waals surface area contributed by atoms with E-state index in [9.17, 15) is 0 Å². The molecule has 1 aromatic carbocycles. The second-order valence-corrected chi connectivity index (χ2v) is 6.33. The average Bonchev–Trinajstić information content (AvgIpc) is 2.93. The normalized spacial score (nSPS) is 29.6. The maximum absolute atomic E-state index is 5.63. The van der Waals surface area contributed by atoms with Crippen molar-refractivity contribution in [1.29, 1.82) is 0 Å². The molecule has 4 rings (SSSR count). The predicted octanol–water partition coefficient (Wildman–Crippen LogP) is 1.25. The molecule has 1 aromatic heterocycles. The Morgan fingerprint density at radius 2 is 2.05 bits per heavy atom. The SMILES string of the molecule is CC1OCC1(C)c1nn(N2CCNCC2)c2ccccc12. The van der Waals surface area contributed by atoms with Gasteiger partial charge in [0.1, 0.15) is 0 Å². The number of para-hydroxylation sites is 1. The fourth-order valence-corrected chi connectivity index (χ4v) is 3.29. The third kappa shape index (κ3) is 1.88. The maximum Gasteiger partial charge on any atom is 0.0923 e.